The number of aryl methyl sites for hydroxylation is 1. The molecule has 1 fully saturated rings. The molecule has 0 spiro atoms. The Morgan fingerprint density at radius 2 is 2.04 bits per heavy atom. The number of benzene rings is 1. The minimum atomic E-state index is -0.488. The summed E-state index contributed by atoms with van der Waals surface area (Å²) in [6, 6.07) is 5.59. The summed E-state index contributed by atoms with van der Waals surface area (Å²) in [7, 11) is 0. The number of halogens is 2. The third-order valence-electron chi connectivity index (χ3n) is 5.84. The minimum absolute atomic E-state index is 0.104. The summed E-state index contributed by atoms with van der Waals surface area (Å²) in [5.74, 6) is 2.43. The maximum absolute atomic E-state index is 13.2. The van der Waals surface area contributed by atoms with Gasteiger partial charge in [-0.05, 0) is 37.5 Å². The molecule has 1 aliphatic carbocycles. The lowest BCUT2D eigenvalue weighted by Crippen LogP contribution is -2.44. The number of fused-ring (bicyclic) bond motifs is 1. The van der Waals surface area contributed by atoms with Gasteiger partial charge >= 0.3 is 0 Å². The van der Waals surface area contributed by atoms with Crippen LogP contribution in [-0.2, 0) is 23.2 Å². The van der Waals surface area contributed by atoms with Crippen molar-refractivity contribution in [2.45, 2.75) is 51.0 Å². The van der Waals surface area contributed by atoms with Gasteiger partial charge in [-0.15, -0.1) is 10.2 Å². The molecule has 4 rings (SSSR count). The van der Waals surface area contributed by atoms with Crippen molar-refractivity contribution >= 4 is 29.1 Å². The van der Waals surface area contributed by atoms with E-state index in [-0.39, 0.29) is 5.91 Å². The second kappa shape index (κ2) is 6.86. The van der Waals surface area contributed by atoms with E-state index in [2.05, 4.69) is 20.1 Å². The summed E-state index contributed by atoms with van der Waals surface area (Å²) in [6.07, 6.45) is 4.67. The van der Waals surface area contributed by atoms with Gasteiger partial charge in [-0.1, -0.05) is 42.1 Å². The van der Waals surface area contributed by atoms with Crippen molar-refractivity contribution in [1.82, 2.24) is 20.1 Å². The number of rotatable bonds is 4. The Bertz CT molecular complexity index is 842. The van der Waals surface area contributed by atoms with E-state index in [0.29, 0.717) is 22.5 Å². The molecule has 1 aromatic heterocycles. The van der Waals surface area contributed by atoms with Crippen molar-refractivity contribution in [3.05, 3.63) is 45.5 Å². The molecule has 138 valence electrons. The van der Waals surface area contributed by atoms with Gasteiger partial charge in [0.2, 0.25) is 5.91 Å². The summed E-state index contributed by atoms with van der Waals surface area (Å²) in [5.41, 5.74) is 0.485. The van der Waals surface area contributed by atoms with E-state index < -0.39 is 5.41 Å². The quantitative estimate of drug-likeness (QED) is 0.862. The van der Waals surface area contributed by atoms with Crippen LogP contribution >= 0.6 is 23.2 Å². The van der Waals surface area contributed by atoms with Crippen molar-refractivity contribution in [1.29, 1.82) is 0 Å². The van der Waals surface area contributed by atoms with Crippen LogP contribution in [0.4, 0.5) is 0 Å². The zero-order valence-corrected chi connectivity index (χ0v) is 16.3. The van der Waals surface area contributed by atoms with Crippen molar-refractivity contribution < 1.29 is 4.79 Å². The van der Waals surface area contributed by atoms with Gasteiger partial charge in [0, 0.05) is 25.4 Å². The molecule has 5 nitrogen and oxygen atoms in total. The lowest BCUT2D eigenvalue weighted by molar-refractivity contribution is -0.126. The average Bonchev–Trinajstić information content (AvgIpc) is 3.33. The topological polar surface area (TPSA) is 59.8 Å². The van der Waals surface area contributed by atoms with Crippen LogP contribution in [0.5, 0.6) is 0 Å². The Balaban J connectivity index is 1.47. The smallest absolute Gasteiger partial charge is 0.230 e. The fourth-order valence-electron chi connectivity index (χ4n) is 4.36. The predicted molar refractivity (Wildman–Crippen MR) is 102 cm³/mol. The van der Waals surface area contributed by atoms with Gasteiger partial charge in [-0.2, -0.15) is 0 Å². The van der Waals surface area contributed by atoms with E-state index in [1.165, 1.54) is 0 Å². The molecule has 7 heteroatoms. The molecule has 1 aliphatic heterocycles. The molecule has 2 heterocycles. The van der Waals surface area contributed by atoms with E-state index >= 15 is 0 Å². The Labute approximate surface area is 163 Å². The Morgan fingerprint density at radius 3 is 2.73 bits per heavy atom. The van der Waals surface area contributed by atoms with Gasteiger partial charge in [0.05, 0.1) is 15.5 Å². The Hall–Kier alpha value is -1.59. The van der Waals surface area contributed by atoms with Crippen molar-refractivity contribution in [3.63, 3.8) is 0 Å². The molecule has 0 radical (unpaired) electrons. The van der Waals surface area contributed by atoms with Gasteiger partial charge in [0.15, 0.2) is 0 Å². The highest BCUT2D eigenvalue weighted by Crippen LogP contribution is 2.43. The van der Waals surface area contributed by atoms with E-state index in [1.807, 2.05) is 19.1 Å². The maximum atomic E-state index is 13.2. The van der Waals surface area contributed by atoms with Crippen LogP contribution < -0.4 is 5.32 Å². The van der Waals surface area contributed by atoms with Crippen LogP contribution in [0.15, 0.2) is 18.2 Å². The van der Waals surface area contributed by atoms with Crippen LogP contribution in [0.2, 0.25) is 10.0 Å². The van der Waals surface area contributed by atoms with E-state index in [9.17, 15) is 4.79 Å². The first kappa shape index (κ1) is 17.8. The average molecular weight is 393 g/mol. The normalized spacial score (nSPS) is 21.0. The number of hydrogen-bond acceptors (Lipinski definition) is 3. The number of amides is 1. The zero-order valence-electron chi connectivity index (χ0n) is 14.8. The van der Waals surface area contributed by atoms with Crippen LogP contribution in [0, 0.1) is 12.8 Å². The molecular formula is C19H22Cl2N4O. The highest BCUT2D eigenvalue weighted by molar-refractivity contribution is 6.42. The first-order valence-electron chi connectivity index (χ1n) is 9.12. The number of carbonyl (C=O) groups excluding carboxylic acids is 1. The van der Waals surface area contributed by atoms with Crippen molar-refractivity contribution in [3.8, 4) is 0 Å². The molecule has 2 aliphatic rings. The van der Waals surface area contributed by atoms with Crippen LogP contribution in [-0.4, -0.2) is 27.2 Å². The fourth-order valence-corrected chi connectivity index (χ4v) is 4.65. The molecule has 1 amide bonds. The standard InChI is InChI=1S/C19H22Cl2N4O/c1-12-23-24-17-8-13(11-25(12)17)10-22-18(26)19(6-2-3-7-19)14-4-5-15(20)16(21)9-14/h4-5,9,13H,2-3,6-8,10-11H2,1H3,(H,22,26). The van der Waals surface area contributed by atoms with Gasteiger partial charge in [-0.3, -0.25) is 4.79 Å². The second-order valence-corrected chi connectivity index (χ2v) is 8.29. The van der Waals surface area contributed by atoms with Gasteiger partial charge in [0.25, 0.3) is 0 Å². The number of nitrogens with one attached hydrogen (secondary N) is 1. The highest BCUT2D eigenvalue weighted by atomic mass is 35.5. The van der Waals surface area contributed by atoms with Crippen LogP contribution in [0.3, 0.4) is 0 Å². The maximum Gasteiger partial charge on any atom is 0.230 e. The molecule has 1 unspecified atom stereocenters. The molecule has 2 aromatic rings. The lowest BCUT2D eigenvalue weighted by atomic mass is 9.78. The molecule has 1 aromatic carbocycles. The molecular weight excluding hydrogens is 371 g/mol. The zero-order chi connectivity index (χ0) is 18.3. The van der Waals surface area contributed by atoms with Crippen LogP contribution in [0.1, 0.15) is 42.9 Å². The Morgan fingerprint density at radius 1 is 1.27 bits per heavy atom. The SMILES string of the molecule is Cc1nnc2n1CC(CNC(=O)C1(c3ccc(Cl)c(Cl)c3)CCCC1)C2. The third-order valence-corrected chi connectivity index (χ3v) is 6.58. The number of hydrogen-bond donors (Lipinski definition) is 1. The summed E-state index contributed by atoms with van der Waals surface area (Å²) in [5, 5.41) is 12.5. The number of nitrogens with zero attached hydrogens (tertiary/aromatic N) is 3. The van der Waals surface area contributed by atoms with Crippen molar-refractivity contribution in [2.24, 2.45) is 5.92 Å². The highest BCUT2D eigenvalue weighted by Gasteiger charge is 2.43. The molecule has 1 N–H and O–H groups in total. The second-order valence-electron chi connectivity index (χ2n) is 7.47. The summed E-state index contributed by atoms with van der Waals surface area (Å²) in [4.78, 5) is 13.2. The van der Waals surface area contributed by atoms with Crippen LogP contribution in [0.25, 0.3) is 0 Å². The molecule has 1 atom stereocenters. The summed E-state index contributed by atoms with van der Waals surface area (Å²) in [6.45, 7) is 3.49. The van der Waals surface area contributed by atoms with Gasteiger partial charge in [0.1, 0.15) is 11.6 Å². The largest absolute Gasteiger partial charge is 0.355 e. The predicted octanol–water partition coefficient (Wildman–Crippen LogP) is 3.69. The molecule has 0 saturated heterocycles. The third kappa shape index (κ3) is 3.01. The number of carbonyl (C=O) groups is 1. The first-order chi connectivity index (χ1) is 12.5. The summed E-state index contributed by atoms with van der Waals surface area (Å²) >= 11 is 12.3. The van der Waals surface area contributed by atoms with Crippen molar-refractivity contribution in [2.75, 3.05) is 6.54 Å². The minimum Gasteiger partial charge on any atom is -0.355 e. The lowest BCUT2D eigenvalue weighted by Gasteiger charge is -2.29. The summed E-state index contributed by atoms with van der Waals surface area (Å²) < 4.78 is 2.14. The molecule has 26 heavy (non-hydrogen) atoms. The van der Waals surface area contributed by atoms with Gasteiger partial charge < -0.3 is 9.88 Å². The molecule has 1 saturated carbocycles. The van der Waals surface area contributed by atoms with E-state index in [4.69, 9.17) is 23.2 Å². The fraction of sp³-hybridized carbons (Fsp3) is 0.526. The van der Waals surface area contributed by atoms with Gasteiger partial charge in [-0.25, -0.2) is 0 Å². The Kier molecular flexibility index (Phi) is 4.70. The monoisotopic (exact) mass is 392 g/mol. The first-order valence-corrected chi connectivity index (χ1v) is 9.88. The number of aromatic nitrogens is 3. The van der Waals surface area contributed by atoms with E-state index in [1.54, 1.807) is 6.07 Å². The van der Waals surface area contributed by atoms with E-state index in [0.717, 1.165) is 55.9 Å². The molecule has 0 bridgehead atoms.